The molecule has 0 aliphatic heterocycles. The molecule has 0 aliphatic rings. The molecule has 0 spiro atoms. The van der Waals surface area contributed by atoms with Gasteiger partial charge in [-0.05, 0) is 27.7 Å². The number of rotatable bonds is 3. The van der Waals surface area contributed by atoms with Crippen molar-refractivity contribution in [2.75, 3.05) is 5.32 Å². The number of carbonyl (C=O) groups excluding carboxylic acids is 1. The van der Waals surface area contributed by atoms with Gasteiger partial charge in [0, 0.05) is 17.0 Å². The van der Waals surface area contributed by atoms with Crippen LogP contribution in [0.3, 0.4) is 0 Å². The number of amidine groups is 1. The molecule has 4 nitrogen and oxygen atoms in total. The van der Waals surface area contributed by atoms with Crippen LogP contribution < -0.4 is 5.32 Å². The fourth-order valence-corrected chi connectivity index (χ4v) is 2.36. The summed E-state index contributed by atoms with van der Waals surface area (Å²) in [5, 5.41) is 5.61. The van der Waals surface area contributed by atoms with Crippen LogP contribution in [-0.2, 0) is 4.79 Å². The van der Waals surface area contributed by atoms with E-state index in [1.165, 1.54) is 0 Å². The maximum absolute atomic E-state index is 11.5. The number of anilines is 1. The summed E-state index contributed by atoms with van der Waals surface area (Å²) in [5.41, 5.74) is -0.278. The summed E-state index contributed by atoms with van der Waals surface area (Å²) >= 11 is 6.18. The monoisotopic (exact) mass is 317 g/mol. The summed E-state index contributed by atoms with van der Waals surface area (Å²) < 4.78 is 0. The van der Waals surface area contributed by atoms with Crippen LogP contribution in [0.2, 0.25) is 5.02 Å². The molecular formula is C17H20ClN3O. The standard InChI is InChI=1S/C17H20ClN3O/c1-11(22)9-15(21-17(2,3)4)20-16-13-8-6-5-7-12(13)14(18)10-19-16/h5-8,10H,9H2,1-4H3,(H,19,20,21). The number of nitrogens with one attached hydrogen (secondary N) is 1. The molecule has 0 aliphatic carbocycles. The molecule has 1 aromatic heterocycles. The Morgan fingerprint density at radius 3 is 2.50 bits per heavy atom. The van der Waals surface area contributed by atoms with Crippen molar-refractivity contribution in [3.63, 3.8) is 0 Å². The van der Waals surface area contributed by atoms with E-state index in [0.29, 0.717) is 16.7 Å². The third-order valence-electron chi connectivity index (χ3n) is 2.90. The van der Waals surface area contributed by atoms with Crippen LogP contribution in [0.4, 0.5) is 5.82 Å². The van der Waals surface area contributed by atoms with Crippen LogP contribution in [0, 0.1) is 0 Å². The predicted octanol–water partition coefficient (Wildman–Crippen LogP) is 4.48. The van der Waals surface area contributed by atoms with Gasteiger partial charge in [0.2, 0.25) is 0 Å². The van der Waals surface area contributed by atoms with Crippen LogP contribution in [0.25, 0.3) is 10.8 Å². The Balaban J connectivity index is 2.45. The lowest BCUT2D eigenvalue weighted by Gasteiger charge is -2.17. The number of hydrogen-bond acceptors (Lipinski definition) is 3. The highest BCUT2D eigenvalue weighted by molar-refractivity contribution is 6.35. The van der Waals surface area contributed by atoms with E-state index in [-0.39, 0.29) is 17.7 Å². The van der Waals surface area contributed by atoms with Gasteiger partial charge in [0.1, 0.15) is 17.4 Å². The highest BCUT2D eigenvalue weighted by Crippen LogP contribution is 2.27. The summed E-state index contributed by atoms with van der Waals surface area (Å²) in [6.45, 7) is 7.51. The van der Waals surface area contributed by atoms with Gasteiger partial charge in [-0.25, -0.2) is 4.98 Å². The number of nitrogens with zero attached hydrogens (tertiary/aromatic N) is 2. The molecule has 22 heavy (non-hydrogen) atoms. The molecule has 5 heteroatoms. The maximum Gasteiger partial charge on any atom is 0.139 e. The largest absolute Gasteiger partial charge is 0.328 e. The first-order chi connectivity index (χ1) is 10.3. The minimum Gasteiger partial charge on any atom is -0.328 e. The minimum absolute atomic E-state index is 0.0498. The first-order valence-corrected chi connectivity index (χ1v) is 7.52. The van der Waals surface area contributed by atoms with Gasteiger partial charge in [-0.15, -0.1) is 0 Å². The Bertz CT molecular complexity index is 732. The van der Waals surface area contributed by atoms with E-state index < -0.39 is 0 Å². The van der Waals surface area contributed by atoms with Crippen LogP contribution in [0.5, 0.6) is 0 Å². The van der Waals surface area contributed by atoms with E-state index in [9.17, 15) is 4.79 Å². The summed E-state index contributed by atoms with van der Waals surface area (Å²) in [4.78, 5) is 20.4. The molecule has 0 saturated carbocycles. The number of pyridine rings is 1. The molecule has 0 unspecified atom stereocenters. The molecule has 0 bridgehead atoms. The van der Waals surface area contributed by atoms with Crippen LogP contribution >= 0.6 is 11.6 Å². The number of fused-ring (bicyclic) bond motifs is 1. The Morgan fingerprint density at radius 1 is 1.27 bits per heavy atom. The van der Waals surface area contributed by atoms with Gasteiger partial charge in [0.15, 0.2) is 0 Å². The normalized spacial score (nSPS) is 12.5. The molecule has 2 rings (SSSR count). The zero-order chi connectivity index (χ0) is 16.3. The molecule has 0 amide bonds. The van der Waals surface area contributed by atoms with Crippen molar-refractivity contribution in [1.82, 2.24) is 4.98 Å². The maximum atomic E-state index is 11.5. The average Bonchev–Trinajstić information content (AvgIpc) is 2.40. The lowest BCUT2D eigenvalue weighted by molar-refractivity contribution is -0.115. The zero-order valence-corrected chi connectivity index (χ0v) is 14.0. The van der Waals surface area contributed by atoms with Crippen molar-refractivity contribution in [2.24, 2.45) is 4.99 Å². The Hall–Kier alpha value is -1.94. The van der Waals surface area contributed by atoms with Crippen molar-refractivity contribution < 1.29 is 4.79 Å². The van der Waals surface area contributed by atoms with E-state index in [4.69, 9.17) is 11.6 Å². The number of Topliss-reactive ketones (excluding diaryl/α,β-unsaturated/α-hetero) is 1. The van der Waals surface area contributed by atoms with Crippen LogP contribution in [0.15, 0.2) is 35.5 Å². The summed E-state index contributed by atoms with van der Waals surface area (Å²) in [6.07, 6.45) is 1.85. The molecule has 116 valence electrons. The summed E-state index contributed by atoms with van der Waals surface area (Å²) in [7, 11) is 0. The zero-order valence-electron chi connectivity index (χ0n) is 13.3. The van der Waals surface area contributed by atoms with Crippen molar-refractivity contribution in [3.05, 3.63) is 35.5 Å². The Kier molecular flexibility index (Phi) is 4.81. The van der Waals surface area contributed by atoms with Crippen LogP contribution in [-0.4, -0.2) is 22.1 Å². The fraction of sp³-hybridized carbons (Fsp3) is 0.353. The topological polar surface area (TPSA) is 54.4 Å². The summed E-state index contributed by atoms with van der Waals surface area (Å²) in [6, 6.07) is 7.74. The fourth-order valence-electron chi connectivity index (χ4n) is 2.15. The number of aromatic nitrogens is 1. The van der Waals surface area contributed by atoms with Gasteiger partial charge in [-0.2, -0.15) is 0 Å². The highest BCUT2D eigenvalue weighted by Gasteiger charge is 2.14. The number of hydrogen-bond donors (Lipinski definition) is 1. The number of benzene rings is 1. The molecule has 2 aromatic rings. The second-order valence-electron chi connectivity index (χ2n) is 6.23. The molecule has 1 N–H and O–H groups in total. The van der Waals surface area contributed by atoms with E-state index in [2.05, 4.69) is 15.3 Å². The Morgan fingerprint density at radius 2 is 1.91 bits per heavy atom. The van der Waals surface area contributed by atoms with Crippen LogP contribution in [0.1, 0.15) is 34.1 Å². The lowest BCUT2D eigenvalue weighted by Crippen LogP contribution is -2.22. The molecule has 1 heterocycles. The van der Waals surface area contributed by atoms with E-state index in [1.54, 1.807) is 13.1 Å². The smallest absolute Gasteiger partial charge is 0.139 e. The first kappa shape index (κ1) is 16.4. The average molecular weight is 318 g/mol. The van der Waals surface area contributed by atoms with Gasteiger partial charge in [0.05, 0.1) is 17.0 Å². The van der Waals surface area contributed by atoms with Gasteiger partial charge in [0.25, 0.3) is 0 Å². The molecule has 0 radical (unpaired) electrons. The molecular weight excluding hydrogens is 298 g/mol. The SMILES string of the molecule is CC(=O)CC(=NC(C)(C)C)Nc1ncc(Cl)c2ccccc12. The second kappa shape index (κ2) is 6.44. The first-order valence-electron chi connectivity index (χ1n) is 7.15. The third-order valence-corrected chi connectivity index (χ3v) is 3.20. The molecule has 1 aromatic carbocycles. The van der Waals surface area contributed by atoms with Gasteiger partial charge >= 0.3 is 0 Å². The number of carbonyl (C=O) groups is 1. The van der Waals surface area contributed by atoms with Gasteiger partial charge in [-0.3, -0.25) is 9.79 Å². The minimum atomic E-state index is -0.278. The summed E-state index contributed by atoms with van der Waals surface area (Å²) in [5.74, 6) is 1.32. The predicted molar refractivity (Wildman–Crippen MR) is 92.9 cm³/mol. The second-order valence-corrected chi connectivity index (χ2v) is 6.64. The molecule has 0 fully saturated rings. The third kappa shape index (κ3) is 4.28. The highest BCUT2D eigenvalue weighted by atomic mass is 35.5. The van der Waals surface area contributed by atoms with Gasteiger partial charge < -0.3 is 5.32 Å². The quantitative estimate of drug-likeness (QED) is 0.671. The van der Waals surface area contributed by atoms with Crippen molar-refractivity contribution in [2.45, 2.75) is 39.7 Å². The molecule has 0 atom stereocenters. The van der Waals surface area contributed by atoms with E-state index in [0.717, 1.165) is 10.8 Å². The van der Waals surface area contributed by atoms with E-state index in [1.807, 2.05) is 45.0 Å². The van der Waals surface area contributed by atoms with Crippen molar-refractivity contribution in [3.8, 4) is 0 Å². The lowest BCUT2D eigenvalue weighted by atomic mass is 10.1. The van der Waals surface area contributed by atoms with Crippen molar-refractivity contribution >= 4 is 39.8 Å². The number of ketones is 1. The van der Waals surface area contributed by atoms with Gasteiger partial charge in [-0.1, -0.05) is 35.9 Å². The number of halogens is 1. The van der Waals surface area contributed by atoms with Crippen molar-refractivity contribution in [1.29, 1.82) is 0 Å². The van der Waals surface area contributed by atoms with E-state index >= 15 is 0 Å². The molecule has 0 saturated heterocycles. The Labute approximate surface area is 135 Å². The number of aliphatic imine (C=N–C) groups is 1.